The Labute approximate surface area is 71.7 Å². The Bertz CT molecular complexity index is 92.3. The third-order valence-electron chi connectivity index (χ3n) is 1.22. The molecule has 11 heavy (non-hydrogen) atoms. The summed E-state index contributed by atoms with van der Waals surface area (Å²) in [4.78, 5) is 19.8. The van der Waals surface area contributed by atoms with Crippen molar-refractivity contribution in [2.24, 2.45) is 0 Å². The topological polar surface area (TPSA) is 34.1 Å². The second-order valence-electron chi connectivity index (χ2n) is 2.23. The molecule has 0 amide bonds. The highest BCUT2D eigenvalue weighted by molar-refractivity contribution is 7.99. The first-order chi connectivity index (χ1) is 5.41. The van der Waals surface area contributed by atoms with E-state index in [0.29, 0.717) is 12.8 Å². The molecule has 0 aromatic carbocycles. The average molecular weight is 174 g/mol. The summed E-state index contributed by atoms with van der Waals surface area (Å²) < 4.78 is 0. The van der Waals surface area contributed by atoms with Crippen LogP contribution in [-0.4, -0.2) is 24.1 Å². The molecular formula is C8H14O2S. The molecule has 0 aromatic heterocycles. The van der Waals surface area contributed by atoms with Crippen molar-refractivity contribution in [2.45, 2.75) is 25.7 Å². The quantitative estimate of drug-likeness (QED) is 0.415. The number of hydrogen-bond acceptors (Lipinski definition) is 3. The monoisotopic (exact) mass is 174 g/mol. The van der Waals surface area contributed by atoms with Gasteiger partial charge in [-0.15, -0.1) is 0 Å². The van der Waals surface area contributed by atoms with Gasteiger partial charge in [-0.25, -0.2) is 0 Å². The van der Waals surface area contributed by atoms with Crippen LogP contribution in [-0.2, 0) is 9.59 Å². The molecule has 0 heterocycles. The average Bonchev–Trinajstić information content (AvgIpc) is 2.03. The Hall–Kier alpha value is -0.310. The van der Waals surface area contributed by atoms with Crippen LogP contribution < -0.4 is 0 Å². The molecule has 0 aliphatic rings. The summed E-state index contributed by atoms with van der Waals surface area (Å²) in [5.41, 5.74) is 0. The maximum atomic E-state index is 9.88. The first-order valence-corrected chi connectivity index (χ1v) is 5.02. The molecule has 64 valence electrons. The SMILES string of the molecule is O=CCCCSCCCC=O. The van der Waals surface area contributed by atoms with Crippen molar-refractivity contribution in [3.63, 3.8) is 0 Å². The highest BCUT2D eigenvalue weighted by Crippen LogP contribution is 2.06. The smallest absolute Gasteiger partial charge is 0.120 e. The van der Waals surface area contributed by atoms with E-state index in [9.17, 15) is 9.59 Å². The molecule has 0 aromatic rings. The minimum atomic E-state index is 0.667. The summed E-state index contributed by atoms with van der Waals surface area (Å²) in [5.74, 6) is 2.08. The van der Waals surface area contributed by atoms with E-state index in [4.69, 9.17) is 0 Å². The van der Waals surface area contributed by atoms with Crippen molar-refractivity contribution < 1.29 is 9.59 Å². The van der Waals surface area contributed by atoms with Crippen molar-refractivity contribution in [3.8, 4) is 0 Å². The predicted octanol–water partition coefficient (Wildman–Crippen LogP) is 1.68. The molecule has 0 N–H and O–H groups in total. The summed E-state index contributed by atoms with van der Waals surface area (Å²) in [7, 11) is 0. The molecule has 0 radical (unpaired) electrons. The van der Waals surface area contributed by atoms with Crippen LogP contribution in [0.15, 0.2) is 0 Å². The van der Waals surface area contributed by atoms with Crippen LogP contribution in [0.25, 0.3) is 0 Å². The van der Waals surface area contributed by atoms with Gasteiger partial charge in [0.2, 0.25) is 0 Å². The van der Waals surface area contributed by atoms with E-state index in [1.807, 2.05) is 11.8 Å². The van der Waals surface area contributed by atoms with Gasteiger partial charge in [-0.05, 0) is 24.3 Å². The van der Waals surface area contributed by atoms with Gasteiger partial charge in [0.15, 0.2) is 0 Å². The molecule has 0 aliphatic heterocycles. The zero-order valence-corrected chi connectivity index (χ0v) is 7.44. The first kappa shape index (κ1) is 10.7. The van der Waals surface area contributed by atoms with Gasteiger partial charge in [-0.1, -0.05) is 0 Å². The summed E-state index contributed by atoms with van der Waals surface area (Å²) in [6.07, 6.45) is 5.17. The minimum absolute atomic E-state index is 0.667. The molecule has 0 unspecified atom stereocenters. The fraction of sp³-hybridized carbons (Fsp3) is 0.750. The van der Waals surface area contributed by atoms with E-state index in [1.54, 1.807) is 0 Å². The molecule has 0 atom stereocenters. The zero-order chi connectivity index (χ0) is 8.36. The lowest BCUT2D eigenvalue weighted by Crippen LogP contribution is -1.85. The Kier molecular flexibility index (Phi) is 9.42. The van der Waals surface area contributed by atoms with E-state index in [2.05, 4.69) is 0 Å². The van der Waals surface area contributed by atoms with Gasteiger partial charge in [0.25, 0.3) is 0 Å². The number of carbonyl (C=O) groups is 2. The first-order valence-electron chi connectivity index (χ1n) is 3.87. The van der Waals surface area contributed by atoms with Gasteiger partial charge < -0.3 is 9.59 Å². The molecule has 0 saturated heterocycles. The number of unbranched alkanes of at least 4 members (excludes halogenated alkanes) is 2. The lowest BCUT2D eigenvalue weighted by Gasteiger charge is -1.95. The number of hydrogen-bond donors (Lipinski definition) is 0. The van der Waals surface area contributed by atoms with Crippen LogP contribution in [0.3, 0.4) is 0 Å². The van der Waals surface area contributed by atoms with Crippen LogP contribution >= 0.6 is 11.8 Å². The number of rotatable bonds is 8. The fourth-order valence-electron chi connectivity index (χ4n) is 0.640. The van der Waals surface area contributed by atoms with Crippen molar-refractivity contribution in [2.75, 3.05) is 11.5 Å². The standard InChI is InChI=1S/C8H14O2S/c9-5-1-3-7-11-8-4-2-6-10/h5-6H,1-4,7-8H2. The molecule has 0 aliphatic carbocycles. The normalized spacial score (nSPS) is 9.45. The molecule has 0 spiro atoms. The van der Waals surface area contributed by atoms with Gasteiger partial charge in [0, 0.05) is 12.8 Å². The summed E-state index contributed by atoms with van der Waals surface area (Å²) >= 11 is 1.82. The van der Waals surface area contributed by atoms with Crippen LogP contribution in [0.1, 0.15) is 25.7 Å². The lowest BCUT2D eigenvalue weighted by molar-refractivity contribution is -0.108. The molecule has 0 bridgehead atoms. The molecular weight excluding hydrogens is 160 g/mol. The summed E-state index contributed by atoms with van der Waals surface area (Å²) in [6, 6.07) is 0. The van der Waals surface area contributed by atoms with Crippen LogP contribution in [0.2, 0.25) is 0 Å². The second-order valence-corrected chi connectivity index (χ2v) is 3.45. The van der Waals surface area contributed by atoms with E-state index in [0.717, 1.165) is 36.9 Å². The van der Waals surface area contributed by atoms with Crippen molar-refractivity contribution in [1.29, 1.82) is 0 Å². The maximum Gasteiger partial charge on any atom is 0.120 e. The van der Waals surface area contributed by atoms with Crippen molar-refractivity contribution in [3.05, 3.63) is 0 Å². The third-order valence-corrected chi connectivity index (χ3v) is 2.38. The zero-order valence-electron chi connectivity index (χ0n) is 6.62. The number of carbonyl (C=O) groups excluding carboxylic acids is 2. The van der Waals surface area contributed by atoms with Crippen LogP contribution in [0, 0.1) is 0 Å². The molecule has 0 saturated carbocycles. The molecule has 0 rings (SSSR count). The summed E-state index contributed by atoms with van der Waals surface area (Å²) in [6.45, 7) is 0. The number of aldehydes is 2. The predicted molar refractivity (Wildman–Crippen MR) is 47.9 cm³/mol. The Morgan fingerprint density at radius 3 is 1.73 bits per heavy atom. The van der Waals surface area contributed by atoms with Gasteiger partial charge in [0.05, 0.1) is 0 Å². The highest BCUT2D eigenvalue weighted by Gasteiger charge is 1.89. The maximum absolute atomic E-state index is 9.88. The van der Waals surface area contributed by atoms with Crippen LogP contribution in [0.5, 0.6) is 0 Å². The second kappa shape index (κ2) is 9.69. The van der Waals surface area contributed by atoms with Crippen molar-refractivity contribution in [1.82, 2.24) is 0 Å². The van der Waals surface area contributed by atoms with Gasteiger partial charge in [-0.3, -0.25) is 0 Å². The lowest BCUT2D eigenvalue weighted by atomic mass is 10.4. The van der Waals surface area contributed by atoms with Gasteiger partial charge in [-0.2, -0.15) is 11.8 Å². The summed E-state index contributed by atoms with van der Waals surface area (Å²) in [5, 5.41) is 0. The van der Waals surface area contributed by atoms with Gasteiger partial charge in [0.1, 0.15) is 12.6 Å². The Morgan fingerprint density at radius 2 is 1.36 bits per heavy atom. The van der Waals surface area contributed by atoms with Gasteiger partial charge >= 0.3 is 0 Å². The molecule has 3 heteroatoms. The largest absolute Gasteiger partial charge is 0.303 e. The van der Waals surface area contributed by atoms with E-state index in [1.165, 1.54) is 0 Å². The third kappa shape index (κ3) is 9.69. The number of thioether (sulfide) groups is 1. The minimum Gasteiger partial charge on any atom is -0.303 e. The fourth-order valence-corrected chi connectivity index (χ4v) is 1.59. The van der Waals surface area contributed by atoms with Crippen LogP contribution in [0.4, 0.5) is 0 Å². The van der Waals surface area contributed by atoms with E-state index < -0.39 is 0 Å². The molecule has 2 nitrogen and oxygen atoms in total. The highest BCUT2D eigenvalue weighted by atomic mass is 32.2. The van der Waals surface area contributed by atoms with E-state index >= 15 is 0 Å². The molecule has 0 fully saturated rings. The van der Waals surface area contributed by atoms with Crippen molar-refractivity contribution >= 4 is 24.3 Å². The Balaban J connectivity index is 2.79. The Morgan fingerprint density at radius 1 is 0.909 bits per heavy atom. The van der Waals surface area contributed by atoms with E-state index in [-0.39, 0.29) is 0 Å².